The average Bonchev–Trinajstić information content (AvgIpc) is 2.71. The molecule has 0 saturated carbocycles. The number of nitrogens with one attached hydrogen (secondary N) is 1. The number of anilines is 1. The van der Waals surface area contributed by atoms with Crippen molar-refractivity contribution in [2.45, 2.75) is 26.9 Å². The zero-order valence-corrected chi connectivity index (χ0v) is 17.2. The second-order valence-corrected chi connectivity index (χ2v) is 6.88. The summed E-state index contributed by atoms with van der Waals surface area (Å²) in [5.74, 6) is 0.616. The van der Waals surface area contributed by atoms with E-state index in [4.69, 9.17) is 14.2 Å². The Bertz CT molecular complexity index is 846. The van der Waals surface area contributed by atoms with Gasteiger partial charge in [0, 0.05) is 11.8 Å². The highest BCUT2D eigenvalue weighted by molar-refractivity contribution is 5.96. The number of rotatable bonds is 9. The predicted molar refractivity (Wildman–Crippen MR) is 113 cm³/mol. The van der Waals surface area contributed by atoms with Gasteiger partial charge in [-0.3, -0.25) is 4.79 Å². The van der Waals surface area contributed by atoms with Crippen molar-refractivity contribution >= 4 is 23.6 Å². The number of amides is 1. The first-order valence-electron chi connectivity index (χ1n) is 9.44. The minimum atomic E-state index is -0.922. The van der Waals surface area contributed by atoms with Gasteiger partial charge in [-0.05, 0) is 48.7 Å². The van der Waals surface area contributed by atoms with Gasteiger partial charge in [-0.2, -0.15) is 0 Å². The molecule has 0 radical (unpaired) electrons. The predicted octanol–water partition coefficient (Wildman–Crippen LogP) is 4.31. The van der Waals surface area contributed by atoms with Gasteiger partial charge in [0.2, 0.25) is 0 Å². The molecule has 29 heavy (non-hydrogen) atoms. The van der Waals surface area contributed by atoms with Crippen LogP contribution in [0.25, 0.3) is 6.08 Å². The van der Waals surface area contributed by atoms with E-state index in [2.05, 4.69) is 19.2 Å². The number of ether oxygens (including phenoxy) is 3. The molecular weight excluding hydrogens is 370 g/mol. The molecule has 0 aliphatic heterocycles. The number of methoxy groups -OCH3 is 1. The van der Waals surface area contributed by atoms with Gasteiger partial charge in [0.15, 0.2) is 17.6 Å². The lowest BCUT2D eigenvalue weighted by Crippen LogP contribution is -2.29. The summed E-state index contributed by atoms with van der Waals surface area (Å²) in [6.07, 6.45) is 1.95. The second-order valence-electron chi connectivity index (χ2n) is 6.88. The Labute approximate surface area is 171 Å². The van der Waals surface area contributed by atoms with Gasteiger partial charge in [-0.15, -0.1) is 0 Å². The molecule has 2 aromatic rings. The van der Waals surface area contributed by atoms with Crippen molar-refractivity contribution in [2.75, 3.05) is 19.0 Å². The number of esters is 1. The third-order valence-electron chi connectivity index (χ3n) is 3.88. The fourth-order valence-electron chi connectivity index (χ4n) is 2.36. The summed E-state index contributed by atoms with van der Waals surface area (Å²) in [4.78, 5) is 24.1. The smallest absolute Gasteiger partial charge is 0.331 e. The molecule has 1 atom stereocenters. The van der Waals surface area contributed by atoms with E-state index in [1.54, 1.807) is 37.5 Å². The van der Waals surface area contributed by atoms with Crippen molar-refractivity contribution in [3.8, 4) is 11.5 Å². The lowest BCUT2D eigenvalue weighted by molar-refractivity contribution is -0.148. The number of benzene rings is 2. The summed E-state index contributed by atoms with van der Waals surface area (Å²) in [6.45, 7) is 6.24. The van der Waals surface area contributed by atoms with Crippen molar-refractivity contribution in [1.82, 2.24) is 0 Å². The second kappa shape index (κ2) is 10.9. The third-order valence-corrected chi connectivity index (χ3v) is 3.88. The SMILES string of the molecule is COc1cc(/C=C/C(=O)O[C@H](C)C(=O)Nc2ccccc2)ccc1OCC(C)C. The molecular formula is C23H27NO5. The Balaban J connectivity index is 1.93. The van der Waals surface area contributed by atoms with E-state index in [0.717, 1.165) is 5.56 Å². The van der Waals surface area contributed by atoms with Crippen LogP contribution in [-0.4, -0.2) is 31.7 Å². The lowest BCUT2D eigenvalue weighted by Gasteiger charge is -2.13. The quantitative estimate of drug-likeness (QED) is 0.504. The Morgan fingerprint density at radius 3 is 2.41 bits per heavy atom. The number of carbonyl (C=O) groups excluding carboxylic acids is 2. The molecule has 0 saturated heterocycles. The lowest BCUT2D eigenvalue weighted by atomic mass is 10.2. The summed E-state index contributed by atoms with van der Waals surface area (Å²) in [6, 6.07) is 14.4. The van der Waals surface area contributed by atoms with Crippen LogP contribution in [0.5, 0.6) is 11.5 Å². The molecule has 2 aromatic carbocycles. The maximum absolute atomic E-state index is 12.1. The molecule has 0 heterocycles. The molecule has 0 aliphatic rings. The van der Waals surface area contributed by atoms with Crippen molar-refractivity contribution in [3.63, 3.8) is 0 Å². The number of carbonyl (C=O) groups is 2. The first-order chi connectivity index (χ1) is 13.9. The van der Waals surface area contributed by atoms with Crippen molar-refractivity contribution < 1.29 is 23.8 Å². The third kappa shape index (κ3) is 7.33. The molecule has 6 heteroatoms. The fourth-order valence-corrected chi connectivity index (χ4v) is 2.36. The minimum absolute atomic E-state index is 0.397. The van der Waals surface area contributed by atoms with Crippen LogP contribution in [0.15, 0.2) is 54.6 Å². The maximum atomic E-state index is 12.1. The van der Waals surface area contributed by atoms with E-state index in [9.17, 15) is 9.59 Å². The Morgan fingerprint density at radius 1 is 1.03 bits per heavy atom. The molecule has 1 amide bonds. The average molecular weight is 397 g/mol. The van der Waals surface area contributed by atoms with Crippen LogP contribution in [0.2, 0.25) is 0 Å². The van der Waals surface area contributed by atoms with Crippen molar-refractivity contribution in [2.24, 2.45) is 5.92 Å². The molecule has 6 nitrogen and oxygen atoms in total. The summed E-state index contributed by atoms with van der Waals surface area (Å²) in [7, 11) is 1.56. The highest BCUT2D eigenvalue weighted by Crippen LogP contribution is 2.29. The number of para-hydroxylation sites is 1. The molecule has 2 rings (SSSR count). The number of hydrogen-bond donors (Lipinski definition) is 1. The van der Waals surface area contributed by atoms with E-state index in [1.165, 1.54) is 13.0 Å². The molecule has 0 aliphatic carbocycles. The molecule has 0 fully saturated rings. The standard InChI is InChI=1S/C23H27NO5/c1-16(2)15-28-20-12-10-18(14-21(20)27-4)11-13-22(25)29-17(3)23(26)24-19-8-6-5-7-9-19/h5-14,16-17H,15H2,1-4H3,(H,24,26)/b13-11+/t17-/m1/s1. The minimum Gasteiger partial charge on any atom is -0.493 e. The van der Waals surface area contributed by atoms with Gasteiger partial charge < -0.3 is 19.5 Å². The maximum Gasteiger partial charge on any atom is 0.331 e. The topological polar surface area (TPSA) is 73.9 Å². The van der Waals surface area contributed by atoms with Crippen LogP contribution in [-0.2, 0) is 14.3 Å². The summed E-state index contributed by atoms with van der Waals surface area (Å²) >= 11 is 0. The fraction of sp³-hybridized carbons (Fsp3) is 0.304. The zero-order chi connectivity index (χ0) is 21.2. The first-order valence-corrected chi connectivity index (χ1v) is 9.44. The molecule has 154 valence electrons. The van der Waals surface area contributed by atoms with Crippen molar-refractivity contribution in [1.29, 1.82) is 0 Å². The van der Waals surface area contributed by atoms with Gasteiger partial charge in [0.25, 0.3) is 5.91 Å². The highest BCUT2D eigenvalue weighted by Gasteiger charge is 2.16. The van der Waals surface area contributed by atoms with E-state index < -0.39 is 18.0 Å². The Kier molecular flexibility index (Phi) is 8.27. The molecule has 0 aromatic heterocycles. The molecule has 1 N–H and O–H groups in total. The summed E-state index contributed by atoms with van der Waals surface area (Å²) < 4.78 is 16.2. The van der Waals surface area contributed by atoms with Crippen LogP contribution >= 0.6 is 0 Å². The summed E-state index contributed by atoms with van der Waals surface area (Å²) in [5.41, 5.74) is 1.39. The Morgan fingerprint density at radius 2 is 1.76 bits per heavy atom. The van der Waals surface area contributed by atoms with Gasteiger partial charge in [-0.25, -0.2) is 4.79 Å². The van der Waals surface area contributed by atoms with Crippen molar-refractivity contribution in [3.05, 3.63) is 60.2 Å². The van der Waals surface area contributed by atoms with E-state index >= 15 is 0 Å². The first kappa shape index (κ1) is 22.0. The Hall–Kier alpha value is -3.28. The van der Waals surface area contributed by atoms with Gasteiger partial charge in [-0.1, -0.05) is 38.1 Å². The normalized spacial score (nSPS) is 11.9. The van der Waals surface area contributed by atoms with Gasteiger partial charge in [0.05, 0.1) is 13.7 Å². The van der Waals surface area contributed by atoms with Gasteiger partial charge in [0.1, 0.15) is 0 Å². The van der Waals surface area contributed by atoms with E-state index in [1.807, 2.05) is 24.3 Å². The molecule has 0 bridgehead atoms. The molecule has 0 unspecified atom stereocenters. The largest absolute Gasteiger partial charge is 0.493 e. The highest BCUT2D eigenvalue weighted by atomic mass is 16.5. The summed E-state index contributed by atoms with van der Waals surface area (Å²) in [5, 5.41) is 2.69. The monoisotopic (exact) mass is 397 g/mol. The van der Waals surface area contributed by atoms with Crippen LogP contribution in [0.3, 0.4) is 0 Å². The van der Waals surface area contributed by atoms with Crippen LogP contribution < -0.4 is 14.8 Å². The van der Waals surface area contributed by atoms with Crippen LogP contribution in [0.1, 0.15) is 26.3 Å². The zero-order valence-electron chi connectivity index (χ0n) is 17.2. The number of hydrogen-bond acceptors (Lipinski definition) is 5. The van der Waals surface area contributed by atoms with E-state index in [0.29, 0.717) is 29.7 Å². The van der Waals surface area contributed by atoms with Crippen LogP contribution in [0.4, 0.5) is 5.69 Å². The van der Waals surface area contributed by atoms with E-state index in [-0.39, 0.29) is 0 Å². The molecule has 0 spiro atoms. The van der Waals surface area contributed by atoms with Gasteiger partial charge >= 0.3 is 5.97 Å². The van der Waals surface area contributed by atoms with Crippen LogP contribution in [0, 0.1) is 5.92 Å².